The van der Waals surface area contributed by atoms with Crippen molar-refractivity contribution in [2.75, 3.05) is 11.9 Å². The molecule has 0 saturated carbocycles. The maximum atomic E-state index is 12.7. The molecule has 1 aromatic carbocycles. The minimum atomic E-state index is -0.109. The zero-order valence-corrected chi connectivity index (χ0v) is 18.1. The fraction of sp³-hybridized carbons (Fsp3) is 0.304. The van der Waals surface area contributed by atoms with Crippen LogP contribution < -0.4 is 5.32 Å². The van der Waals surface area contributed by atoms with Crippen LogP contribution in [0.4, 0.5) is 5.00 Å². The molecule has 0 aliphatic carbocycles. The van der Waals surface area contributed by atoms with Gasteiger partial charge >= 0.3 is 0 Å². The molecule has 0 spiro atoms. The van der Waals surface area contributed by atoms with Gasteiger partial charge in [0, 0.05) is 24.0 Å². The Kier molecular flexibility index (Phi) is 6.14. The number of nitrogens with one attached hydrogen (secondary N) is 1. The Morgan fingerprint density at radius 2 is 2.10 bits per heavy atom. The molecule has 0 bridgehead atoms. The molecule has 7 nitrogen and oxygen atoms in total. The van der Waals surface area contributed by atoms with Crippen molar-refractivity contribution in [1.82, 2.24) is 14.5 Å². The zero-order valence-electron chi connectivity index (χ0n) is 17.3. The van der Waals surface area contributed by atoms with Crippen LogP contribution in [0.1, 0.15) is 33.7 Å². The van der Waals surface area contributed by atoms with E-state index in [0.29, 0.717) is 42.9 Å². The molecule has 31 heavy (non-hydrogen) atoms. The van der Waals surface area contributed by atoms with Gasteiger partial charge in [-0.1, -0.05) is 30.3 Å². The summed E-state index contributed by atoms with van der Waals surface area (Å²) in [6.07, 6.45) is 5.12. The molecule has 4 rings (SSSR count). The van der Waals surface area contributed by atoms with Crippen LogP contribution in [0.15, 0.2) is 42.9 Å². The van der Waals surface area contributed by atoms with E-state index >= 15 is 0 Å². The lowest BCUT2D eigenvalue weighted by Crippen LogP contribution is -2.37. The number of nitriles is 1. The number of anilines is 1. The van der Waals surface area contributed by atoms with E-state index < -0.39 is 0 Å². The average Bonchev–Trinajstić information content (AvgIpc) is 3.34. The van der Waals surface area contributed by atoms with Crippen molar-refractivity contribution >= 4 is 28.2 Å². The van der Waals surface area contributed by atoms with Gasteiger partial charge in [-0.2, -0.15) is 5.26 Å². The molecule has 2 amide bonds. The molecule has 2 aromatic heterocycles. The SMILES string of the molecule is Cc1cn(CC(=O)N2CCc3c(sc(NC(=O)CCc4ccccc4)c3C#N)C2)cn1. The van der Waals surface area contributed by atoms with Gasteiger partial charge in [0.15, 0.2) is 0 Å². The van der Waals surface area contributed by atoms with E-state index in [2.05, 4.69) is 16.4 Å². The number of nitrogens with zero attached hydrogens (tertiary/aromatic N) is 4. The van der Waals surface area contributed by atoms with Crippen molar-refractivity contribution in [2.24, 2.45) is 0 Å². The van der Waals surface area contributed by atoms with E-state index in [-0.39, 0.29) is 18.4 Å². The minimum absolute atomic E-state index is 0.0170. The minimum Gasteiger partial charge on any atom is -0.336 e. The van der Waals surface area contributed by atoms with Crippen LogP contribution in [-0.4, -0.2) is 32.8 Å². The maximum absolute atomic E-state index is 12.7. The van der Waals surface area contributed by atoms with Gasteiger partial charge in [0.25, 0.3) is 0 Å². The molecule has 0 fully saturated rings. The van der Waals surface area contributed by atoms with Gasteiger partial charge in [-0.3, -0.25) is 9.59 Å². The number of hydrogen-bond acceptors (Lipinski definition) is 5. The van der Waals surface area contributed by atoms with Crippen LogP contribution in [0.5, 0.6) is 0 Å². The van der Waals surface area contributed by atoms with Crippen LogP contribution in [0, 0.1) is 18.3 Å². The summed E-state index contributed by atoms with van der Waals surface area (Å²) >= 11 is 1.40. The lowest BCUT2D eigenvalue weighted by molar-refractivity contribution is -0.132. The largest absolute Gasteiger partial charge is 0.336 e. The molecule has 1 aliphatic heterocycles. The molecule has 1 aliphatic rings. The second-order valence-corrected chi connectivity index (χ2v) is 8.71. The Labute approximate surface area is 184 Å². The van der Waals surface area contributed by atoms with Gasteiger partial charge in [0.1, 0.15) is 17.6 Å². The maximum Gasteiger partial charge on any atom is 0.242 e. The quantitative estimate of drug-likeness (QED) is 0.646. The van der Waals surface area contributed by atoms with E-state index in [1.165, 1.54) is 11.3 Å². The summed E-state index contributed by atoms with van der Waals surface area (Å²) < 4.78 is 1.78. The normalized spacial score (nSPS) is 12.8. The molecule has 0 saturated heterocycles. The van der Waals surface area contributed by atoms with Gasteiger partial charge < -0.3 is 14.8 Å². The van der Waals surface area contributed by atoms with Crippen molar-refractivity contribution in [3.05, 3.63) is 70.1 Å². The zero-order chi connectivity index (χ0) is 21.8. The average molecular weight is 434 g/mol. The highest BCUT2D eigenvalue weighted by molar-refractivity contribution is 7.16. The van der Waals surface area contributed by atoms with Gasteiger partial charge in [-0.25, -0.2) is 4.98 Å². The van der Waals surface area contributed by atoms with Crippen LogP contribution in [0.25, 0.3) is 0 Å². The Morgan fingerprint density at radius 1 is 1.29 bits per heavy atom. The highest BCUT2D eigenvalue weighted by atomic mass is 32.1. The standard InChI is InChI=1S/C23H23N5O2S/c1-16-12-27(15-25-16)14-22(30)28-10-9-18-19(11-24)23(31-20(18)13-28)26-21(29)8-7-17-5-3-2-4-6-17/h2-6,12,15H,7-10,13-14H2,1H3,(H,26,29). The Bertz CT molecular complexity index is 1140. The van der Waals surface area contributed by atoms with Gasteiger partial charge in [-0.05, 0) is 30.9 Å². The molecule has 158 valence electrons. The van der Waals surface area contributed by atoms with Gasteiger partial charge in [0.05, 0.1) is 24.1 Å². The lowest BCUT2D eigenvalue weighted by atomic mass is 10.0. The van der Waals surface area contributed by atoms with Crippen molar-refractivity contribution in [3.63, 3.8) is 0 Å². The molecule has 0 radical (unpaired) electrons. The summed E-state index contributed by atoms with van der Waals surface area (Å²) in [5.41, 5.74) is 3.46. The number of fused-ring (bicyclic) bond motifs is 1. The first-order chi connectivity index (χ1) is 15.0. The molecule has 0 atom stereocenters. The van der Waals surface area contributed by atoms with E-state index in [0.717, 1.165) is 21.7 Å². The van der Waals surface area contributed by atoms with E-state index in [9.17, 15) is 14.9 Å². The third kappa shape index (κ3) is 4.84. The first-order valence-corrected chi connectivity index (χ1v) is 11.0. The highest BCUT2D eigenvalue weighted by Crippen LogP contribution is 2.36. The van der Waals surface area contributed by atoms with Crippen molar-refractivity contribution < 1.29 is 9.59 Å². The monoisotopic (exact) mass is 433 g/mol. The van der Waals surface area contributed by atoms with Crippen LogP contribution in [0.2, 0.25) is 0 Å². The topological polar surface area (TPSA) is 91.0 Å². The first kappa shape index (κ1) is 20.8. The van der Waals surface area contributed by atoms with Gasteiger partial charge in [0.2, 0.25) is 11.8 Å². The van der Waals surface area contributed by atoms with Crippen LogP contribution in [0.3, 0.4) is 0 Å². The Balaban J connectivity index is 1.41. The van der Waals surface area contributed by atoms with Crippen molar-refractivity contribution in [1.29, 1.82) is 5.26 Å². The number of thiophene rings is 1. The van der Waals surface area contributed by atoms with Crippen LogP contribution >= 0.6 is 11.3 Å². The first-order valence-electron chi connectivity index (χ1n) is 10.2. The number of aromatic nitrogens is 2. The molecule has 3 heterocycles. The predicted molar refractivity (Wildman–Crippen MR) is 119 cm³/mol. The molecule has 0 unspecified atom stereocenters. The summed E-state index contributed by atoms with van der Waals surface area (Å²) in [7, 11) is 0. The number of amides is 2. The fourth-order valence-corrected chi connectivity index (χ4v) is 4.96. The summed E-state index contributed by atoms with van der Waals surface area (Å²) in [5.74, 6) is -0.0919. The number of aryl methyl sites for hydroxylation is 2. The number of imidazole rings is 1. The molecule has 8 heteroatoms. The molecule has 3 aromatic rings. The Morgan fingerprint density at radius 3 is 2.81 bits per heavy atom. The number of carbonyl (C=O) groups excluding carboxylic acids is 2. The second kappa shape index (κ2) is 9.14. The number of rotatable bonds is 6. The molecule has 1 N–H and O–H groups in total. The molecular weight excluding hydrogens is 410 g/mol. The summed E-state index contributed by atoms with van der Waals surface area (Å²) in [5, 5.41) is 13.2. The number of hydrogen-bond donors (Lipinski definition) is 1. The van der Waals surface area contributed by atoms with E-state index in [1.807, 2.05) is 43.5 Å². The third-order valence-electron chi connectivity index (χ3n) is 5.34. The van der Waals surface area contributed by atoms with Crippen molar-refractivity contribution in [2.45, 2.75) is 39.3 Å². The van der Waals surface area contributed by atoms with Crippen molar-refractivity contribution in [3.8, 4) is 6.07 Å². The fourth-order valence-electron chi connectivity index (χ4n) is 3.73. The highest BCUT2D eigenvalue weighted by Gasteiger charge is 2.27. The van der Waals surface area contributed by atoms with Gasteiger partial charge in [-0.15, -0.1) is 11.3 Å². The second-order valence-electron chi connectivity index (χ2n) is 7.61. The summed E-state index contributed by atoms with van der Waals surface area (Å²) in [6.45, 7) is 3.15. The number of benzene rings is 1. The molecular formula is C23H23N5O2S. The summed E-state index contributed by atoms with van der Waals surface area (Å²) in [4.78, 5) is 32.1. The van der Waals surface area contributed by atoms with E-state index in [4.69, 9.17) is 0 Å². The lowest BCUT2D eigenvalue weighted by Gasteiger charge is -2.27. The van der Waals surface area contributed by atoms with Crippen LogP contribution in [-0.2, 0) is 35.5 Å². The number of carbonyl (C=O) groups is 2. The summed E-state index contributed by atoms with van der Waals surface area (Å²) in [6, 6.07) is 12.1. The van der Waals surface area contributed by atoms with E-state index in [1.54, 1.807) is 15.8 Å². The third-order valence-corrected chi connectivity index (χ3v) is 6.47. The predicted octanol–water partition coefficient (Wildman–Crippen LogP) is 3.28. The Hall–Kier alpha value is -3.44. The smallest absolute Gasteiger partial charge is 0.242 e.